The third kappa shape index (κ3) is 2.75. The minimum Gasteiger partial charge on any atom is -0.476 e. The number of aromatic amines is 1. The molecule has 0 unspecified atom stereocenters. The fourth-order valence-corrected chi connectivity index (χ4v) is 1.85. The molecule has 0 saturated heterocycles. The van der Waals surface area contributed by atoms with Crippen LogP contribution in [0.1, 0.15) is 10.5 Å². The van der Waals surface area contributed by atoms with Crippen LogP contribution in [0.3, 0.4) is 0 Å². The number of ether oxygens (including phenoxy) is 1. The summed E-state index contributed by atoms with van der Waals surface area (Å²) in [6.45, 7) is 0. The molecule has 3 rings (SSSR count). The van der Waals surface area contributed by atoms with Crippen LogP contribution in [0.2, 0.25) is 0 Å². The zero-order chi connectivity index (χ0) is 15.5. The monoisotopic (exact) mass is 300 g/mol. The van der Waals surface area contributed by atoms with Crippen molar-refractivity contribution in [2.75, 3.05) is 0 Å². The van der Waals surface area contributed by atoms with Gasteiger partial charge in [-0.3, -0.25) is 0 Å². The van der Waals surface area contributed by atoms with Crippen LogP contribution in [0.25, 0.3) is 11.1 Å². The summed E-state index contributed by atoms with van der Waals surface area (Å²) in [7, 11) is 0. The molecule has 0 aliphatic heterocycles. The van der Waals surface area contributed by atoms with E-state index in [0.717, 1.165) is 5.56 Å². The number of carbonyl (C=O) groups is 1. The maximum atomic E-state index is 13.1. The van der Waals surface area contributed by atoms with Crippen molar-refractivity contribution in [2.24, 2.45) is 0 Å². The highest BCUT2D eigenvalue weighted by Crippen LogP contribution is 2.26. The quantitative estimate of drug-likeness (QED) is 0.718. The van der Waals surface area contributed by atoms with E-state index in [1.54, 1.807) is 30.3 Å². The molecule has 0 atom stereocenters. The zero-order valence-electron chi connectivity index (χ0n) is 11.0. The summed E-state index contributed by atoms with van der Waals surface area (Å²) in [5.41, 5.74) is 1.14. The molecule has 0 radical (unpaired) electrons. The summed E-state index contributed by atoms with van der Waals surface area (Å²) < 4.78 is 18.5. The highest BCUT2D eigenvalue weighted by molar-refractivity contribution is 5.87. The lowest BCUT2D eigenvalue weighted by Crippen LogP contribution is -1.99. The van der Waals surface area contributed by atoms with E-state index in [1.807, 2.05) is 0 Å². The van der Waals surface area contributed by atoms with Gasteiger partial charge in [-0.05, 0) is 29.3 Å². The number of hydrogen-bond acceptors (Lipinski definition) is 5. The first-order valence-electron chi connectivity index (χ1n) is 6.17. The van der Waals surface area contributed by atoms with Gasteiger partial charge in [0.25, 0.3) is 5.88 Å². The van der Waals surface area contributed by atoms with Crippen LogP contribution in [-0.2, 0) is 0 Å². The van der Waals surface area contributed by atoms with E-state index < -0.39 is 11.9 Å². The summed E-state index contributed by atoms with van der Waals surface area (Å²) >= 11 is 0. The van der Waals surface area contributed by atoms with Gasteiger partial charge in [0, 0.05) is 12.3 Å². The van der Waals surface area contributed by atoms with Crippen molar-refractivity contribution in [2.45, 2.75) is 0 Å². The summed E-state index contributed by atoms with van der Waals surface area (Å²) in [6, 6.07) is 9.68. The first-order valence-corrected chi connectivity index (χ1v) is 6.17. The number of H-pyrrole nitrogens is 1. The predicted molar refractivity (Wildman–Crippen MR) is 73.0 cm³/mol. The number of carboxylic acid groups (broad SMARTS) is 1. The molecule has 22 heavy (non-hydrogen) atoms. The molecular formula is C14H9FN4O3. The predicted octanol–water partition coefficient (Wildman–Crippen LogP) is 2.50. The van der Waals surface area contributed by atoms with E-state index >= 15 is 0 Å². The minimum absolute atomic E-state index is 0.0600. The first-order chi connectivity index (χ1) is 10.6. The standard InChI is InChI=1S/C14H9FN4O3/c15-11-7-9(5-6-16-11)8-1-3-10(4-2-8)22-13-12(14(20)21)17-19-18-13/h1-7H,(H,20,21)(H,17,18,19). The van der Waals surface area contributed by atoms with Gasteiger partial charge in [-0.15, -0.1) is 5.10 Å². The second-order valence-corrected chi connectivity index (χ2v) is 4.29. The Bertz CT molecular complexity index is 817. The molecular weight excluding hydrogens is 291 g/mol. The number of halogens is 1. The molecule has 2 aromatic heterocycles. The number of aromatic nitrogens is 4. The topological polar surface area (TPSA) is 101 Å². The number of aromatic carboxylic acids is 1. The van der Waals surface area contributed by atoms with E-state index in [1.165, 1.54) is 12.3 Å². The molecule has 0 amide bonds. The molecule has 2 N–H and O–H groups in total. The molecule has 0 saturated carbocycles. The number of nitrogens with one attached hydrogen (secondary N) is 1. The maximum Gasteiger partial charge on any atom is 0.362 e. The van der Waals surface area contributed by atoms with Crippen LogP contribution < -0.4 is 4.74 Å². The van der Waals surface area contributed by atoms with Crippen LogP contribution in [0.4, 0.5) is 4.39 Å². The maximum absolute atomic E-state index is 13.1. The van der Waals surface area contributed by atoms with Crippen molar-refractivity contribution < 1.29 is 19.0 Å². The van der Waals surface area contributed by atoms with Gasteiger partial charge in [0.2, 0.25) is 11.6 Å². The molecule has 0 aliphatic rings. The molecule has 2 heterocycles. The molecule has 1 aromatic carbocycles. The highest BCUT2D eigenvalue weighted by atomic mass is 19.1. The summed E-state index contributed by atoms with van der Waals surface area (Å²) in [5, 5.41) is 18.1. The molecule has 8 heteroatoms. The number of hydrogen-bond donors (Lipinski definition) is 2. The summed E-state index contributed by atoms with van der Waals surface area (Å²) in [5.74, 6) is -1.47. The zero-order valence-corrected chi connectivity index (χ0v) is 11.0. The molecule has 110 valence electrons. The van der Waals surface area contributed by atoms with Crippen LogP contribution in [-0.4, -0.2) is 31.5 Å². The van der Waals surface area contributed by atoms with Crippen molar-refractivity contribution in [1.82, 2.24) is 20.4 Å². The summed E-state index contributed by atoms with van der Waals surface area (Å²) in [6.07, 6.45) is 1.38. The van der Waals surface area contributed by atoms with E-state index in [-0.39, 0.29) is 11.6 Å². The van der Waals surface area contributed by atoms with Gasteiger partial charge in [-0.1, -0.05) is 17.3 Å². The Morgan fingerprint density at radius 1 is 1.18 bits per heavy atom. The van der Waals surface area contributed by atoms with E-state index in [2.05, 4.69) is 20.4 Å². The van der Waals surface area contributed by atoms with Gasteiger partial charge in [-0.2, -0.15) is 4.39 Å². The third-order valence-corrected chi connectivity index (χ3v) is 2.85. The molecule has 0 aliphatic carbocycles. The van der Waals surface area contributed by atoms with Crippen molar-refractivity contribution in [3.63, 3.8) is 0 Å². The Morgan fingerprint density at radius 2 is 1.95 bits per heavy atom. The number of nitrogens with zero attached hydrogens (tertiary/aromatic N) is 3. The fraction of sp³-hybridized carbons (Fsp3) is 0. The van der Waals surface area contributed by atoms with E-state index in [0.29, 0.717) is 11.3 Å². The first kappa shape index (κ1) is 13.7. The van der Waals surface area contributed by atoms with Crippen LogP contribution in [0.5, 0.6) is 11.6 Å². The average Bonchev–Trinajstić information content (AvgIpc) is 2.96. The minimum atomic E-state index is -1.24. The Balaban J connectivity index is 1.83. The second kappa shape index (κ2) is 5.60. The molecule has 0 fully saturated rings. The van der Waals surface area contributed by atoms with Gasteiger partial charge in [-0.25, -0.2) is 14.9 Å². The van der Waals surface area contributed by atoms with Crippen molar-refractivity contribution in [3.8, 4) is 22.8 Å². The lowest BCUT2D eigenvalue weighted by molar-refractivity contribution is 0.0687. The van der Waals surface area contributed by atoms with Crippen molar-refractivity contribution in [3.05, 3.63) is 54.2 Å². The third-order valence-electron chi connectivity index (χ3n) is 2.85. The van der Waals surface area contributed by atoms with Gasteiger partial charge in [0.1, 0.15) is 5.75 Å². The van der Waals surface area contributed by atoms with E-state index in [9.17, 15) is 9.18 Å². The fourth-order valence-electron chi connectivity index (χ4n) is 1.85. The SMILES string of the molecule is O=C(O)c1nn[nH]c1Oc1ccc(-c2ccnc(F)c2)cc1. The second-order valence-electron chi connectivity index (χ2n) is 4.29. The van der Waals surface area contributed by atoms with Crippen molar-refractivity contribution in [1.29, 1.82) is 0 Å². The molecule has 7 nitrogen and oxygen atoms in total. The number of pyridine rings is 1. The Kier molecular flexibility index (Phi) is 3.48. The van der Waals surface area contributed by atoms with Gasteiger partial charge >= 0.3 is 5.97 Å². The molecule has 3 aromatic rings. The number of benzene rings is 1. The molecule has 0 bridgehead atoms. The van der Waals surface area contributed by atoms with Gasteiger partial charge in [0.15, 0.2) is 0 Å². The molecule has 0 spiro atoms. The highest BCUT2D eigenvalue weighted by Gasteiger charge is 2.16. The lowest BCUT2D eigenvalue weighted by atomic mass is 10.1. The normalized spacial score (nSPS) is 10.4. The Hall–Kier alpha value is -3.29. The summed E-state index contributed by atoms with van der Waals surface area (Å²) in [4.78, 5) is 14.4. The number of carboxylic acids is 1. The van der Waals surface area contributed by atoms with Crippen LogP contribution >= 0.6 is 0 Å². The number of rotatable bonds is 4. The average molecular weight is 300 g/mol. The van der Waals surface area contributed by atoms with Gasteiger partial charge in [0.05, 0.1) is 0 Å². The van der Waals surface area contributed by atoms with Gasteiger partial charge < -0.3 is 9.84 Å². The Morgan fingerprint density at radius 3 is 2.64 bits per heavy atom. The lowest BCUT2D eigenvalue weighted by Gasteiger charge is -2.05. The van der Waals surface area contributed by atoms with Crippen molar-refractivity contribution >= 4 is 5.97 Å². The van der Waals surface area contributed by atoms with E-state index in [4.69, 9.17) is 9.84 Å². The van der Waals surface area contributed by atoms with Crippen LogP contribution in [0.15, 0.2) is 42.6 Å². The largest absolute Gasteiger partial charge is 0.476 e. The Labute approximate surface area is 123 Å². The van der Waals surface area contributed by atoms with Crippen LogP contribution in [0, 0.1) is 5.95 Å². The smallest absolute Gasteiger partial charge is 0.362 e.